The molecule has 1 fully saturated rings. The molecule has 19 heavy (non-hydrogen) atoms. The quantitative estimate of drug-likeness (QED) is 0.872. The van der Waals surface area contributed by atoms with E-state index in [9.17, 15) is 9.59 Å². The molecule has 1 saturated carbocycles. The van der Waals surface area contributed by atoms with Crippen LogP contribution in [0, 0.1) is 5.92 Å². The van der Waals surface area contributed by atoms with Crippen molar-refractivity contribution in [2.45, 2.75) is 45.2 Å². The van der Waals surface area contributed by atoms with E-state index in [0.717, 1.165) is 5.92 Å². The molecule has 0 unspecified atom stereocenters. The smallest absolute Gasteiger partial charge is 0.312 e. The Balaban J connectivity index is 1.88. The molecule has 1 aromatic rings. The van der Waals surface area contributed by atoms with Crippen molar-refractivity contribution in [3.05, 3.63) is 33.1 Å². The van der Waals surface area contributed by atoms with E-state index in [1.807, 2.05) is 0 Å². The van der Waals surface area contributed by atoms with E-state index in [4.69, 9.17) is 0 Å². The molecule has 1 N–H and O–H groups in total. The van der Waals surface area contributed by atoms with Crippen molar-refractivity contribution in [2.75, 3.05) is 6.54 Å². The second-order valence-corrected chi connectivity index (χ2v) is 5.61. The third kappa shape index (κ3) is 3.56. The third-order valence-electron chi connectivity index (χ3n) is 4.02. The zero-order valence-electron chi connectivity index (χ0n) is 11.8. The highest BCUT2D eigenvalue weighted by atomic mass is 16.2. The summed E-state index contributed by atoms with van der Waals surface area (Å²) in [5, 5.41) is 3.46. The van der Waals surface area contributed by atoms with Gasteiger partial charge in [-0.15, -0.1) is 0 Å². The van der Waals surface area contributed by atoms with Gasteiger partial charge in [0.2, 0.25) is 0 Å². The lowest BCUT2D eigenvalue weighted by Crippen LogP contribution is -2.42. The summed E-state index contributed by atoms with van der Waals surface area (Å²) in [5.74, 6) is 0.835. The highest BCUT2D eigenvalue weighted by Crippen LogP contribution is 2.23. The van der Waals surface area contributed by atoms with Gasteiger partial charge in [-0.2, -0.15) is 0 Å². The van der Waals surface area contributed by atoms with Crippen molar-refractivity contribution in [1.29, 1.82) is 0 Å². The summed E-state index contributed by atoms with van der Waals surface area (Å²) in [7, 11) is 1.66. The molecule has 1 aliphatic carbocycles. The Hall–Kier alpha value is -1.36. The molecule has 0 aliphatic heterocycles. The molecule has 0 radical (unpaired) electrons. The summed E-state index contributed by atoms with van der Waals surface area (Å²) in [6.45, 7) is 3.42. The van der Waals surface area contributed by atoms with Crippen LogP contribution in [-0.4, -0.2) is 21.7 Å². The minimum Gasteiger partial charge on any atom is -0.312 e. The lowest BCUT2D eigenvalue weighted by Gasteiger charge is -2.27. The van der Waals surface area contributed by atoms with Crippen molar-refractivity contribution in [2.24, 2.45) is 13.0 Å². The summed E-state index contributed by atoms with van der Waals surface area (Å²) in [6.07, 6.45) is 6.44. The zero-order valence-corrected chi connectivity index (χ0v) is 11.8. The first-order valence-corrected chi connectivity index (χ1v) is 7.08. The predicted octanol–water partition coefficient (Wildman–Crippen LogP) is 0.715. The average molecular weight is 265 g/mol. The van der Waals surface area contributed by atoms with Crippen LogP contribution in [0.3, 0.4) is 0 Å². The number of rotatable bonds is 4. The predicted molar refractivity (Wildman–Crippen MR) is 75.4 cm³/mol. The first kappa shape index (κ1) is 14.1. The van der Waals surface area contributed by atoms with Crippen LogP contribution >= 0.6 is 0 Å². The molecule has 0 saturated heterocycles. The molecule has 0 amide bonds. The normalized spacial score (nSPS) is 23.5. The van der Waals surface area contributed by atoms with Crippen LogP contribution < -0.4 is 16.6 Å². The summed E-state index contributed by atoms with van der Waals surface area (Å²) in [4.78, 5) is 23.5. The minimum absolute atomic E-state index is 0.220. The Kier molecular flexibility index (Phi) is 4.58. The average Bonchev–Trinajstić information content (AvgIpc) is 2.40. The van der Waals surface area contributed by atoms with Gasteiger partial charge in [0.1, 0.15) is 0 Å². The van der Waals surface area contributed by atoms with E-state index in [-0.39, 0.29) is 11.2 Å². The largest absolute Gasteiger partial charge is 0.330 e. The van der Waals surface area contributed by atoms with Gasteiger partial charge in [-0.25, -0.2) is 4.79 Å². The molecule has 0 atom stereocenters. The number of hydrogen-bond acceptors (Lipinski definition) is 3. The van der Waals surface area contributed by atoms with E-state index >= 15 is 0 Å². The van der Waals surface area contributed by atoms with Crippen LogP contribution in [0.4, 0.5) is 0 Å². The van der Waals surface area contributed by atoms with Crippen LogP contribution in [0.25, 0.3) is 0 Å². The molecule has 0 bridgehead atoms. The molecule has 1 aliphatic rings. The van der Waals surface area contributed by atoms with E-state index in [0.29, 0.717) is 19.1 Å². The number of nitrogens with zero attached hydrogens (tertiary/aromatic N) is 2. The molecule has 1 aromatic heterocycles. The van der Waals surface area contributed by atoms with Gasteiger partial charge in [0.25, 0.3) is 5.56 Å². The number of nitrogens with one attached hydrogen (secondary N) is 1. The maximum atomic E-state index is 11.8. The number of aryl methyl sites for hydroxylation is 1. The van der Waals surface area contributed by atoms with Crippen LogP contribution in [0.1, 0.15) is 32.6 Å². The molecule has 5 heteroatoms. The molecule has 5 nitrogen and oxygen atoms in total. The van der Waals surface area contributed by atoms with Gasteiger partial charge in [-0.1, -0.05) is 6.92 Å². The van der Waals surface area contributed by atoms with E-state index < -0.39 is 0 Å². The summed E-state index contributed by atoms with van der Waals surface area (Å²) in [6, 6.07) is 1.98. The SMILES string of the molecule is CC1CCC(NCCn2c(=O)ccn(C)c2=O)CC1. The molecule has 0 aromatic carbocycles. The van der Waals surface area contributed by atoms with E-state index in [2.05, 4.69) is 12.2 Å². The topological polar surface area (TPSA) is 56.0 Å². The van der Waals surface area contributed by atoms with Gasteiger partial charge in [0.05, 0.1) is 0 Å². The van der Waals surface area contributed by atoms with Crippen LogP contribution in [-0.2, 0) is 13.6 Å². The van der Waals surface area contributed by atoms with Gasteiger partial charge in [-0.05, 0) is 31.6 Å². The molecule has 1 heterocycles. The summed E-state index contributed by atoms with van der Waals surface area (Å²) >= 11 is 0. The first-order valence-electron chi connectivity index (χ1n) is 7.08. The van der Waals surface area contributed by atoms with Crippen molar-refractivity contribution >= 4 is 0 Å². The number of aromatic nitrogens is 2. The van der Waals surface area contributed by atoms with E-state index in [1.165, 1.54) is 47.1 Å². The molecule has 2 rings (SSSR count). The Morgan fingerprint density at radius 1 is 1.26 bits per heavy atom. The second kappa shape index (κ2) is 6.19. The van der Waals surface area contributed by atoms with Crippen molar-refractivity contribution < 1.29 is 0 Å². The highest BCUT2D eigenvalue weighted by molar-refractivity contribution is 4.85. The monoisotopic (exact) mass is 265 g/mol. The maximum absolute atomic E-state index is 11.8. The van der Waals surface area contributed by atoms with Crippen molar-refractivity contribution in [3.63, 3.8) is 0 Å². The molecule has 106 valence electrons. The van der Waals surface area contributed by atoms with Crippen molar-refractivity contribution in [3.8, 4) is 0 Å². The van der Waals surface area contributed by atoms with Gasteiger partial charge >= 0.3 is 5.69 Å². The van der Waals surface area contributed by atoms with Crippen LogP contribution in [0.5, 0.6) is 0 Å². The van der Waals surface area contributed by atoms with Gasteiger partial charge in [-0.3, -0.25) is 9.36 Å². The fraction of sp³-hybridized carbons (Fsp3) is 0.714. The zero-order chi connectivity index (χ0) is 13.8. The summed E-state index contributed by atoms with van der Waals surface area (Å²) in [5.41, 5.74) is -0.464. The minimum atomic E-state index is -0.244. The van der Waals surface area contributed by atoms with Gasteiger partial charge < -0.3 is 9.88 Å². The standard InChI is InChI=1S/C14H23N3O2/c1-11-3-5-12(6-4-11)15-8-10-17-13(18)7-9-16(2)14(17)19/h7,9,11-12,15H,3-6,8,10H2,1-2H3. The van der Waals surface area contributed by atoms with Gasteiger partial charge in [0.15, 0.2) is 0 Å². The summed E-state index contributed by atoms with van der Waals surface area (Å²) < 4.78 is 2.72. The highest BCUT2D eigenvalue weighted by Gasteiger charge is 2.17. The Morgan fingerprint density at radius 3 is 2.63 bits per heavy atom. The molecular weight excluding hydrogens is 242 g/mol. The van der Waals surface area contributed by atoms with Crippen molar-refractivity contribution in [1.82, 2.24) is 14.5 Å². The lowest BCUT2D eigenvalue weighted by molar-refractivity contribution is 0.304. The Labute approximate surface area is 113 Å². The van der Waals surface area contributed by atoms with Crippen LogP contribution in [0.2, 0.25) is 0 Å². The number of hydrogen-bond donors (Lipinski definition) is 1. The van der Waals surface area contributed by atoms with E-state index in [1.54, 1.807) is 7.05 Å². The third-order valence-corrected chi connectivity index (χ3v) is 4.02. The molecular formula is C14H23N3O2. The first-order chi connectivity index (χ1) is 9.08. The fourth-order valence-corrected chi connectivity index (χ4v) is 2.66. The lowest BCUT2D eigenvalue weighted by atomic mass is 9.87. The Bertz CT molecular complexity index is 524. The maximum Gasteiger partial charge on any atom is 0.330 e. The fourth-order valence-electron chi connectivity index (χ4n) is 2.66. The Morgan fingerprint density at radius 2 is 1.95 bits per heavy atom. The van der Waals surface area contributed by atoms with Crippen LogP contribution in [0.15, 0.2) is 21.9 Å². The molecule has 0 spiro atoms. The second-order valence-electron chi connectivity index (χ2n) is 5.61. The van der Waals surface area contributed by atoms with Gasteiger partial charge in [0, 0.05) is 38.4 Å².